The van der Waals surface area contributed by atoms with E-state index in [9.17, 15) is 4.39 Å². The van der Waals surface area contributed by atoms with E-state index in [1.54, 1.807) is 0 Å². The van der Waals surface area contributed by atoms with Crippen LogP contribution in [0.1, 0.15) is 55.0 Å². The highest BCUT2D eigenvalue weighted by Crippen LogP contribution is 2.33. The molecule has 0 aliphatic carbocycles. The van der Waals surface area contributed by atoms with Crippen LogP contribution < -0.4 is 5.32 Å². The number of hydrogen-bond acceptors (Lipinski definition) is 2. The molecule has 0 aromatic carbocycles. The van der Waals surface area contributed by atoms with E-state index in [2.05, 4.69) is 19.2 Å². The van der Waals surface area contributed by atoms with Crippen molar-refractivity contribution in [3.8, 4) is 0 Å². The fourth-order valence-corrected chi connectivity index (χ4v) is 3.52. The van der Waals surface area contributed by atoms with Crippen LogP contribution in [0, 0.1) is 12.1 Å². The standard InChI is InChI=1S/C14H24FNS/c1-5-6-7-8-12-13(10(2)9-16-4)11(3)14(15)17-12/h10,16H,5-9H2,1-4H3. The van der Waals surface area contributed by atoms with Crippen molar-refractivity contribution in [2.75, 3.05) is 13.6 Å². The first-order valence-corrected chi connectivity index (χ1v) is 7.35. The Hall–Kier alpha value is -0.410. The van der Waals surface area contributed by atoms with Crippen LogP contribution in [0.3, 0.4) is 0 Å². The van der Waals surface area contributed by atoms with Crippen LogP contribution in [-0.4, -0.2) is 13.6 Å². The third kappa shape index (κ3) is 3.78. The molecule has 1 N–H and O–H groups in total. The highest BCUT2D eigenvalue weighted by atomic mass is 32.1. The van der Waals surface area contributed by atoms with Crippen molar-refractivity contribution in [3.05, 3.63) is 21.1 Å². The lowest BCUT2D eigenvalue weighted by molar-refractivity contribution is 0.632. The average molecular weight is 257 g/mol. The molecule has 1 unspecified atom stereocenters. The minimum absolute atomic E-state index is 0.00875. The van der Waals surface area contributed by atoms with Crippen molar-refractivity contribution in [1.29, 1.82) is 0 Å². The number of hydrogen-bond donors (Lipinski definition) is 1. The molecule has 1 aromatic heterocycles. The fourth-order valence-electron chi connectivity index (χ4n) is 2.33. The normalized spacial score (nSPS) is 13.0. The molecule has 1 rings (SSSR count). The Bertz CT molecular complexity index is 346. The summed E-state index contributed by atoms with van der Waals surface area (Å²) in [5.74, 6) is 0.400. The van der Waals surface area contributed by atoms with E-state index in [0.29, 0.717) is 5.92 Å². The van der Waals surface area contributed by atoms with Gasteiger partial charge in [-0.05, 0) is 43.9 Å². The van der Waals surface area contributed by atoms with E-state index in [1.165, 1.54) is 41.0 Å². The number of likely N-dealkylation sites (N-methyl/N-ethyl adjacent to an activating group) is 1. The van der Waals surface area contributed by atoms with E-state index >= 15 is 0 Å². The first-order chi connectivity index (χ1) is 8.11. The zero-order chi connectivity index (χ0) is 12.8. The second-order valence-corrected chi connectivity index (χ2v) is 5.81. The van der Waals surface area contributed by atoms with Gasteiger partial charge in [-0.15, -0.1) is 11.3 Å². The molecule has 17 heavy (non-hydrogen) atoms. The monoisotopic (exact) mass is 257 g/mol. The number of unbranched alkanes of at least 4 members (excludes halogenated alkanes) is 2. The number of thiophene rings is 1. The van der Waals surface area contributed by atoms with Gasteiger partial charge in [0, 0.05) is 11.4 Å². The van der Waals surface area contributed by atoms with Crippen LogP contribution in [0.4, 0.5) is 4.39 Å². The summed E-state index contributed by atoms with van der Waals surface area (Å²) in [7, 11) is 1.95. The fraction of sp³-hybridized carbons (Fsp3) is 0.714. The molecular weight excluding hydrogens is 233 g/mol. The summed E-state index contributed by atoms with van der Waals surface area (Å²) in [6.45, 7) is 7.20. The highest BCUT2D eigenvalue weighted by molar-refractivity contribution is 7.10. The Kier molecular flexibility index (Phi) is 6.14. The molecule has 0 saturated heterocycles. The van der Waals surface area contributed by atoms with Crippen LogP contribution in [0.5, 0.6) is 0 Å². The van der Waals surface area contributed by atoms with Gasteiger partial charge >= 0.3 is 0 Å². The van der Waals surface area contributed by atoms with Crippen LogP contribution in [0.15, 0.2) is 0 Å². The molecule has 0 spiro atoms. The van der Waals surface area contributed by atoms with Crippen molar-refractivity contribution in [2.45, 2.75) is 52.4 Å². The zero-order valence-electron chi connectivity index (χ0n) is 11.4. The van der Waals surface area contributed by atoms with E-state index in [-0.39, 0.29) is 5.13 Å². The molecule has 0 radical (unpaired) electrons. The van der Waals surface area contributed by atoms with Crippen molar-refractivity contribution in [1.82, 2.24) is 5.32 Å². The summed E-state index contributed by atoms with van der Waals surface area (Å²) in [4.78, 5) is 1.26. The molecule has 0 amide bonds. The van der Waals surface area contributed by atoms with Gasteiger partial charge in [0.05, 0.1) is 0 Å². The summed E-state index contributed by atoms with van der Waals surface area (Å²) in [6, 6.07) is 0. The third-order valence-electron chi connectivity index (χ3n) is 3.22. The lowest BCUT2D eigenvalue weighted by Crippen LogP contribution is -2.16. The summed E-state index contributed by atoms with van der Waals surface area (Å²) < 4.78 is 13.7. The summed E-state index contributed by atoms with van der Waals surface area (Å²) in [5.41, 5.74) is 2.11. The number of rotatable bonds is 7. The van der Waals surface area contributed by atoms with Crippen molar-refractivity contribution >= 4 is 11.3 Å². The quantitative estimate of drug-likeness (QED) is 0.720. The van der Waals surface area contributed by atoms with Crippen LogP contribution in [0.2, 0.25) is 0 Å². The smallest absolute Gasteiger partial charge is 0.179 e. The summed E-state index contributed by atoms with van der Waals surface area (Å²) >= 11 is 1.35. The Morgan fingerprint density at radius 1 is 1.35 bits per heavy atom. The second-order valence-electron chi connectivity index (χ2n) is 4.75. The minimum atomic E-state index is 0.00875. The SMILES string of the molecule is CCCCCc1sc(F)c(C)c1C(C)CNC. The molecule has 0 bridgehead atoms. The largest absolute Gasteiger partial charge is 0.319 e. The Labute approximate surface area is 108 Å². The molecule has 1 heterocycles. The second kappa shape index (κ2) is 7.12. The minimum Gasteiger partial charge on any atom is -0.319 e. The lowest BCUT2D eigenvalue weighted by atomic mass is 9.96. The number of nitrogens with one attached hydrogen (secondary N) is 1. The molecule has 98 valence electrons. The van der Waals surface area contributed by atoms with E-state index < -0.39 is 0 Å². The van der Waals surface area contributed by atoms with Crippen LogP contribution in [-0.2, 0) is 6.42 Å². The maximum absolute atomic E-state index is 13.7. The topological polar surface area (TPSA) is 12.0 Å². The lowest BCUT2D eigenvalue weighted by Gasteiger charge is -2.13. The average Bonchev–Trinajstić information content (AvgIpc) is 2.56. The van der Waals surface area contributed by atoms with Gasteiger partial charge in [0.15, 0.2) is 5.13 Å². The number of halogens is 1. The van der Waals surface area contributed by atoms with Gasteiger partial charge in [-0.2, -0.15) is 4.39 Å². The molecular formula is C14H24FNS. The zero-order valence-corrected chi connectivity index (χ0v) is 12.2. The molecule has 0 aliphatic rings. The maximum Gasteiger partial charge on any atom is 0.179 e. The number of aryl methyl sites for hydroxylation is 1. The van der Waals surface area contributed by atoms with Crippen molar-refractivity contribution in [2.24, 2.45) is 0 Å². The highest BCUT2D eigenvalue weighted by Gasteiger charge is 2.19. The molecule has 0 fully saturated rings. The maximum atomic E-state index is 13.7. The van der Waals surface area contributed by atoms with Gasteiger partial charge in [0.1, 0.15) is 0 Å². The van der Waals surface area contributed by atoms with Crippen molar-refractivity contribution in [3.63, 3.8) is 0 Å². The van der Waals surface area contributed by atoms with Crippen LogP contribution in [0.25, 0.3) is 0 Å². The first kappa shape index (κ1) is 14.7. The molecule has 0 aliphatic heterocycles. The Morgan fingerprint density at radius 3 is 2.65 bits per heavy atom. The van der Waals surface area contributed by atoms with E-state index in [1.807, 2.05) is 14.0 Å². The van der Waals surface area contributed by atoms with E-state index in [0.717, 1.165) is 18.5 Å². The van der Waals surface area contributed by atoms with Crippen molar-refractivity contribution < 1.29 is 4.39 Å². The van der Waals surface area contributed by atoms with Gasteiger partial charge in [0.25, 0.3) is 0 Å². The molecule has 1 aromatic rings. The Morgan fingerprint density at radius 2 is 2.06 bits per heavy atom. The molecule has 3 heteroatoms. The molecule has 1 nitrogen and oxygen atoms in total. The summed E-state index contributed by atoms with van der Waals surface area (Å²) in [6.07, 6.45) is 4.66. The van der Waals surface area contributed by atoms with Gasteiger partial charge in [-0.25, -0.2) is 0 Å². The molecule has 0 saturated carbocycles. The summed E-state index contributed by atoms with van der Waals surface area (Å²) in [5, 5.41) is 3.19. The third-order valence-corrected chi connectivity index (χ3v) is 4.38. The molecule has 1 atom stereocenters. The van der Waals surface area contributed by atoms with Gasteiger partial charge in [-0.3, -0.25) is 0 Å². The first-order valence-electron chi connectivity index (χ1n) is 6.54. The van der Waals surface area contributed by atoms with Gasteiger partial charge in [-0.1, -0.05) is 26.7 Å². The Balaban J connectivity index is 2.84. The predicted octanol–water partition coefficient (Wildman–Crippen LogP) is 4.25. The van der Waals surface area contributed by atoms with Crippen LogP contribution >= 0.6 is 11.3 Å². The van der Waals surface area contributed by atoms with Gasteiger partial charge < -0.3 is 5.32 Å². The van der Waals surface area contributed by atoms with Gasteiger partial charge in [0.2, 0.25) is 0 Å². The van der Waals surface area contributed by atoms with E-state index in [4.69, 9.17) is 0 Å². The predicted molar refractivity (Wildman–Crippen MR) is 74.6 cm³/mol.